The van der Waals surface area contributed by atoms with E-state index in [9.17, 15) is 13.2 Å². The molecule has 1 aromatic rings. The number of benzene rings is 1. The first-order valence-corrected chi connectivity index (χ1v) is 8.97. The first-order valence-electron chi connectivity index (χ1n) is 6.63. The summed E-state index contributed by atoms with van der Waals surface area (Å²) in [7, 11) is -3.84. The topological polar surface area (TPSA) is 89.3 Å². The van der Waals surface area contributed by atoms with Gasteiger partial charge in [0.25, 0.3) is 5.91 Å². The second-order valence-electron chi connectivity index (χ2n) is 5.08. The van der Waals surface area contributed by atoms with Crippen molar-refractivity contribution in [2.75, 3.05) is 6.54 Å². The van der Waals surface area contributed by atoms with Crippen molar-refractivity contribution >= 4 is 31.9 Å². The Morgan fingerprint density at radius 2 is 2.10 bits per heavy atom. The summed E-state index contributed by atoms with van der Waals surface area (Å²) in [5, 5.41) is 7.94. The fourth-order valence-electron chi connectivity index (χ4n) is 2.24. The van der Waals surface area contributed by atoms with E-state index in [1.165, 1.54) is 12.1 Å². The number of amides is 1. The van der Waals surface area contributed by atoms with Crippen molar-refractivity contribution in [3.8, 4) is 0 Å². The van der Waals surface area contributed by atoms with Gasteiger partial charge in [-0.25, -0.2) is 13.6 Å². The average molecular weight is 373 g/mol. The third-order valence-corrected chi connectivity index (χ3v) is 4.74. The summed E-state index contributed by atoms with van der Waals surface area (Å²) >= 11 is 3.19. The quantitative estimate of drug-likeness (QED) is 0.793. The number of rotatable bonds is 4. The maximum atomic E-state index is 12.1. The lowest BCUT2D eigenvalue weighted by molar-refractivity contribution is 0.0946. The Bertz CT molecular complexity index is 671. The van der Waals surface area contributed by atoms with Crippen LogP contribution in [0.5, 0.6) is 0 Å². The Morgan fingerprint density at radius 1 is 1.33 bits per heavy atom. The van der Waals surface area contributed by atoms with Crippen molar-refractivity contribution in [3.05, 3.63) is 40.4 Å². The Kier molecular flexibility index (Phi) is 5.18. The fraction of sp³-hybridized carbons (Fsp3) is 0.357. The predicted octanol–water partition coefficient (Wildman–Crippen LogP) is 2.18. The van der Waals surface area contributed by atoms with Gasteiger partial charge in [-0.15, -0.1) is 0 Å². The molecule has 2 rings (SSSR count). The number of carbonyl (C=O) groups excluding carboxylic acids is 1. The third-order valence-electron chi connectivity index (χ3n) is 3.39. The van der Waals surface area contributed by atoms with Gasteiger partial charge in [-0.2, -0.15) is 0 Å². The number of nitrogens with two attached hydrogens (primary N) is 1. The minimum absolute atomic E-state index is 0.0809. The highest BCUT2D eigenvalue weighted by atomic mass is 79.9. The largest absolute Gasteiger partial charge is 0.352 e. The molecular formula is C14H17BrN2O3S. The van der Waals surface area contributed by atoms with Crippen LogP contribution in [0.4, 0.5) is 0 Å². The summed E-state index contributed by atoms with van der Waals surface area (Å²) in [5.41, 5.74) is 0.278. The molecule has 1 aromatic carbocycles. The molecule has 1 atom stereocenters. The highest BCUT2D eigenvalue weighted by Crippen LogP contribution is 2.20. The molecule has 0 aromatic heterocycles. The summed E-state index contributed by atoms with van der Waals surface area (Å²) in [5.74, 6) is 0.138. The predicted molar refractivity (Wildman–Crippen MR) is 84.3 cm³/mol. The lowest BCUT2D eigenvalue weighted by atomic mass is 9.94. The number of hydrogen-bond donors (Lipinski definition) is 2. The molecule has 1 aliphatic carbocycles. The van der Waals surface area contributed by atoms with E-state index in [1.807, 2.05) is 0 Å². The van der Waals surface area contributed by atoms with Crippen molar-refractivity contribution in [1.82, 2.24) is 5.32 Å². The van der Waals surface area contributed by atoms with Crippen LogP contribution in [-0.2, 0) is 10.0 Å². The molecule has 0 radical (unpaired) electrons. The molecule has 0 spiro atoms. The van der Waals surface area contributed by atoms with Crippen molar-refractivity contribution in [2.45, 2.75) is 24.2 Å². The molecule has 1 amide bonds. The van der Waals surface area contributed by atoms with E-state index in [0.717, 1.165) is 19.3 Å². The smallest absolute Gasteiger partial charge is 0.251 e. The molecule has 5 nitrogen and oxygen atoms in total. The first-order chi connectivity index (χ1) is 9.86. The van der Waals surface area contributed by atoms with Crippen LogP contribution in [0.1, 0.15) is 29.6 Å². The maximum absolute atomic E-state index is 12.1. The SMILES string of the molecule is NS(=O)(=O)c1cc(Br)cc(C(=O)NCC2CC=CCC2)c1. The molecule has 7 heteroatoms. The minimum atomic E-state index is -3.84. The number of hydrogen-bond acceptors (Lipinski definition) is 3. The number of primary sulfonamides is 1. The Hall–Kier alpha value is -1.18. The number of allylic oxidation sites excluding steroid dienone is 2. The molecular weight excluding hydrogens is 356 g/mol. The molecule has 114 valence electrons. The van der Waals surface area contributed by atoms with E-state index < -0.39 is 10.0 Å². The van der Waals surface area contributed by atoms with Gasteiger partial charge in [-0.05, 0) is 43.4 Å². The monoisotopic (exact) mass is 372 g/mol. The molecule has 0 saturated carbocycles. The van der Waals surface area contributed by atoms with Crippen LogP contribution in [0.2, 0.25) is 0 Å². The third kappa shape index (κ3) is 4.66. The highest BCUT2D eigenvalue weighted by Gasteiger charge is 2.16. The van der Waals surface area contributed by atoms with E-state index in [2.05, 4.69) is 33.4 Å². The fourth-order valence-corrected chi connectivity index (χ4v) is 3.47. The van der Waals surface area contributed by atoms with Crippen LogP contribution in [-0.4, -0.2) is 20.9 Å². The van der Waals surface area contributed by atoms with Gasteiger partial charge in [0.1, 0.15) is 0 Å². The summed E-state index contributed by atoms with van der Waals surface area (Å²) in [6.45, 7) is 0.584. The molecule has 1 aliphatic rings. The number of nitrogens with one attached hydrogen (secondary N) is 1. The zero-order valence-corrected chi connectivity index (χ0v) is 13.8. The molecule has 0 heterocycles. The molecule has 21 heavy (non-hydrogen) atoms. The van der Waals surface area contributed by atoms with Crippen molar-refractivity contribution in [3.63, 3.8) is 0 Å². The molecule has 0 saturated heterocycles. The maximum Gasteiger partial charge on any atom is 0.251 e. The minimum Gasteiger partial charge on any atom is -0.352 e. The lowest BCUT2D eigenvalue weighted by Crippen LogP contribution is -2.30. The Morgan fingerprint density at radius 3 is 2.71 bits per heavy atom. The van der Waals surface area contributed by atoms with Crippen molar-refractivity contribution in [2.24, 2.45) is 11.1 Å². The number of halogens is 1. The van der Waals surface area contributed by atoms with Gasteiger partial charge >= 0.3 is 0 Å². The first kappa shape index (κ1) is 16.2. The van der Waals surface area contributed by atoms with Crippen LogP contribution in [0.25, 0.3) is 0 Å². The van der Waals surface area contributed by atoms with Crippen LogP contribution < -0.4 is 10.5 Å². The molecule has 0 fully saturated rings. The van der Waals surface area contributed by atoms with Gasteiger partial charge in [0.15, 0.2) is 0 Å². The van der Waals surface area contributed by atoms with Crippen LogP contribution in [0.3, 0.4) is 0 Å². The van der Waals surface area contributed by atoms with Crippen LogP contribution >= 0.6 is 15.9 Å². The lowest BCUT2D eigenvalue weighted by Gasteiger charge is -2.18. The van der Waals surface area contributed by atoms with Gasteiger partial charge in [0.05, 0.1) is 4.90 Å². The van der Waals surface area contributed by atoms with Gasteiger partial charge in [0.2, 0.25) is 10.0 Å². The molecule has 1 unspecified atom stereocenters. The van der Waals surface area contributed by atoms with E-state index in [4.69, 9.17) is 5.14 Å². The van der Waals surface area contributed by atoms with Crippen molar-refractivity contribution in [1.29, 1.82) is 0 Å². The van der Waals surface area contributed by atoms with E-state index in [-0.39, 0.29) is 16.4 Å². The van der Waals surface area contributed by atoms with Crippen LogP contribution in [0.15, 0.2) is 39.7 Å². The summed E-state index contributed by atoms with van der Waals surface area (Å²) in [6.07, 6.45) is 7.31. The molecule has 0 aliphatic heterocycles. The van der Waals surface area contributed by atoms with E-state index in [0.29, 0.717) is 16.9 Å². The van der Waals surface area contributed by atoms with Gasteiger partial charge in [0, 0.05) is 16.6 Å². The molecule has 3 N–H and O–H groups in total. The second kappa shape index (κ2) is 6.72. The van der Waals surface area contributed by atoms with Crippen molar-refractivity contribution < 1.29 is 13.2 Å². The Labute approximate surface area is 132 Å². The van der Waals surface area contributed by atoms with Gasteiger partial charge < -0.3 is 5.32 Å². The number of sulfonamides is 1. The summed E-state index contributed by atoms with van der Waals surface area (Å²) in [6, 6.07) is 4.24. The van der Waals surface area contributed by atoms with E-state index >= 15 is 0 Å². The Balaban J connectivity index is 2.08. The number of carbonyl (C=O) groups is 1. The zero-order valence-electron chi connectivity index (χ0n) is 11.4. The van der Waals surface area contributed by atoms with Gasteiger partial charge in [-0.3, -0.25) is 4.79 Å². The highest BCUT2D eigenvalue weighted by molar-refractivity contribution is 9.10. The standard InChI is InChI=1S/C14H17BrN2O3S/c15-12-6-11(7-13(8-12)21(16,19)20)14(18)17-9-10-4-2-1-3-5-10/h1-2,6-8,10H,3-5,9H2,(H,17,18)(H2,16,19,20). The van der Waals surface area contributed by atoms with Gasteiger partial charge in [-0.1, -0.05) is 28.1 Å². The normalized spacial score (nSPS) is 18.5. The second-order valence-corrected chi connectivity index (χ2v) is 7.56. The molecule has 0 bridgehead atoms. The summed E-state index contributed by atoms with van der Waals surface area (Å²) in [4.78, 5) is 12.1. The van der Waals surface area contributed by atoms with E-state index in [1.54, 1.807) is 6.07 Å². The van der Waals surface area contributed by atoms with Crippen LogP contribution in [0, 0.1) is 5.92 Å². The average Bonchev–Trinajstić information content (AvgIpc) is 2.44. The zero-order chi connectivity index (χ0) is 15.5. The summed E-state index contributed by atoms with van der Waals surface area (Å²) < 4.78 is 23.3.